The Morgan fingerprint density at radius 3 is 1.86 bits per heavy atom. The third-order valence-electron chi connectivity index (χ3n) is 16.1. The van der Waals surface area contributed by atoms with Crippen molar-refractivity contribution in [2.45, 2.75) is 91.9 Å². The van der Waals surface area contributed by atoms with E-state index in [1.54, 1.807) is 0 Å². The van der Waals surface area contributed by atoms with Crippen LogP contribution in [0.2, 0.25) is 0 Å². The molecule has 0 fully saturated rings. The predicted molar refractivity (Wildman–Crippen MR) is 319 cm³/mol. The van der Waals surface area contributed by atoms with Gasteiger partial charge in [-0.15, -0.1) is 6.07 Å². The molecule has 7 nitrogen and oxygen atoms in total. The molecular weight excluding hydrogens is 1140 g/mol. The van der Waals surface area contributed by atoms with Crippen LogP contribution in [0.5, 0.6) is 5.75 Å². The van der Waals surface area contributed by atoms with Crippen LogP contribution in [0.4, 0.5) is 0 Å². The average Bonchev–Trinajstić information content (AvgIpc) is 4.36. The number of furan rings is 2. The summed E-state index contributed by atoms with van der Waals surface area (Å²) in [4.78, 5) is 11.5. The maximum absolute atomic E-state index is 12.8. The summed E-state index contributed by atoms with van der Waals surface area (Å²) < 4.78 is 17.9. The summed E-state index contributed by atoms with van der Waals surface area (Å²) >= 11 is 0. The van der Waals surface area contributed by atoms with Crippen molar-refractivity contribution >= 4 is 93.3 Å². The van der Waals surface area contributed by atoms with Crippen molar-refractivity contribution in [3.63, 3.8) is 0 Å². The zero-order valence-corrected chi connectivity index (χ0v) is 47.8. The van der Waals surface area contributed by atoms with E-state index in [0.29, 0.717) is 17.0 Å². The Kier molecular flexibility index (Phi) is 11.3. The number of para-hydroxylation sites is 4. The number of hydrogen-bond acceptors (Lipinski definition) is 5. The Labute approximate surface area is 467 Å². The molecule has 0 atom stereocenters. The topological polar surface area (TPSA) is 81.6 Å². The molecule has 14 rings (SSSR count). The molecule has 0 spiro atoms. The molecule has 388 valence electrons. The summed E-state index contributed by atoms with van der Waals surface area (Å²) in [5, 5.41) is 19.8. The largest absolute Gasteiger partial charge is 0.507 e. The quantitative estimate of drug-likeness (QED) is 0.133. The zero-order chi connectivity index (χ0) is 53.0. The summed E-state index contributed by atoms with van der Waals surface area (Å²) in [5.41, 5.74) is 18.4. The normalized spacial score (nSPS) is 12.7. The number of benzene rings is 9. The van der Waals surface area contributed by atoms with Gasteiger partial charge >= 0.3 is 0 Å². The van der Waals surface area contributed by atoms with Gasteiger partial charge in [0.2, 0.25) is 0 Å². The van der Waals surface area contributed by atoms with Crippen LogP contribution < -0.4 is 0 Å². The molecule has 0 saturated carbocycles. The van der Waals surface area contributed by atoms with E-state index in [0.717, 1.165) is 116 Å². The number of hydrogen-bond donors (Lipinski definition) is 1. The maximum Gasteiger partial charge on any atom is 0.149 e. The van der Waals surface area contributed by atoms with Crippen molar-refractivity contribution in [1.29, 1.82) is 0 Å². The van der Waals surface area contributed by atoms with Crippen LogP contribution in [0.15, 0.2) is 167 Å². The Balaban J connectivity index is 0.00000579. The first-order valence-electron chi connectivity index (χ1n) is 27.0. The van der Waals surface area contributed by atoms with Crippen LogP contribution in [0, 0.1) is 6.07 Å². The van der Waals surface area contributed by atoms with Gasteiger partial charge < -0.3 is 18.3 Å². The number of imidazole rings is 2. The first-order chi connectivity index (χ1) is 37.0. The van der Waals surface area contributed by atoms with Gasteiger partial charge in [-0.2, -0.15) is 0 Å². The van der Waals surface area contributed by atoms with E-state index in [1.807, 2.05) is 12.1 Å². The SMILES string of the molecule is CC(C)c1cc(-c2ccccc2)cc(C(C)C)c1-n1c(-c2cc(C(C)(C)C)cc(C(C)(C)C)c2O)nc2c(-c3cccc4c3nc3c5[c-]c6oc7ccc8c9ccccc9oc8c7c6cc5c5ccccc5n43)cccc21.[Pt]. The molecule has 0 amide bonds. The monoisotopic (exact) mass is 1200 g/mol. The van der Waals surface area contributed by atoms with Crippen LogP contribution in [0.1, 0.15) is 103 Å². The zero-order valence-electron chi connectivity index (χ0n) is 45.5. The van der Waals surface area contributed by atoms with Crippen LogP contribution in [-0.2, 0) is 31.9 Å². The van der Waals surface area contributed by atoms with E-state index >= 15 is 0 Å². The van der Waals surface area contributed by atoms with E-state index in [1.165, 1.54) is 22.3 Å². The van der Waals surface area contributed by atoms with Crippen LogP contribution >= 0.6 is 0 Å². The van der Waals surface area contributed by atoms with E-state index in [4.69, 9.17) is 18.8 Å². The second-order valence-electron chi connectivity index (χ2n) is 23.8. The first kappa shape index (κ1) is 49.6. The summed E-state index contributed by atoms with van der Waals surface area (Å²) in [6, 6.07) is 59.7. The average molecular weight is 1200 g/mol. The predicted octanol–water partition coefficient (Wildman–Crippen LogP) is 19.3. The summed E-state index contributed by atoms with van der Waals surface area (Å²) in [6.45, 7) is 22.4. The number of aromatic nitrogens is 4. The van der Waals surface area contributed by atoms with Gasteiger partial charge in [0.05, 0.1) is 44.5 Å². The van der Waals surface area contributed by atoms with Gasteiger partial charge in [0.15, 0.2) is 0 Å². The number of nitrogens with zero attached hydrogens (tertiary/aromatic N) is 4. The van der Waals surface area contributed by atoms with Crippen molar-refractivity contribution < 1.29 is 35.0 Å². The molecule has 5 aromatic heterocycles. The molecule has 0 saturated heterocycles. The third-order valence-corrected chi connectivity index (χ3v) is 16.1. The number of fused-ring (bicyclic) bond motifs is 16. The number of aromatic hydroxyl groups is 1. The maximum atomic E-state index is 12.8. The summed E-state index contributed by atoms with van der Waals surface area (Å²) in [7, 11) is 0. The Morgan fingerprint density at radius 2 is 1.17 bits per heavy atom. The molecule has 0 radical (unpaired) electrons. The number of rotatable bonds is 6. The van der Waals surface area contributed by atoms with Gasteiger partial charge in [0, 0.05) is 59.4 Å². The molecule has 0 bridgehead atoms. The molecule has 8 heteroatoms. The fourth-order valence-corrected chi connectivity index (χ4v) is 12.2. The Hall–Kier alpha value is -7.99. The fourth-order valence-electron chi connectivity index (χ4n) is 12.2. The molecule has 0 unspecified atom stereocenters. The van der Waals surface area contributed by atoms with Gasteiger partial charge in [-0.05, 0) is 116 Å². The van der Waals surface area contributed by atoms with Crippen molar-refractivity contribution in [1.82, 2.24) is 18.9 Å². The van der Waals surface area contributed by atoms with Crippen LogP contribution in [0.25, 0.3) is 133 Å². The molecule has 0 aliphatic carbocycles. The number of phenols is 1. The van der Waals surface area contributed by atoms with Crippen LogP contribution in [0.3, 0.4) is 0 Å². The Bertz CT molecular complexity index is 4760. The fraction of sp³-hybridized carbons (Fsp3) is 0.200. The van der Waals surface area contributed by atoms with Crippen LogP contribution in [-0.4, -0.2) is 24.0 Å². The van der Waals surface area contributed by atoms with Crippen molar-refractivity contribution in [2.75, 3.05) is 0 Å². The summed E-state index contributed by atoms with van der Waals surface area (Å²) in [6.07, 6.45) is 0. The molecule has 9 aromatic carbocycles. The molecular formula is C70H59N4O3Pt-. The van der Waals surface area contributed by atoms with Crippen molar-refractivity contribution in [2.24, 2.45) is 0 Å². The molecule has 0 aliphatic rings. The molecule has 1 N–H and O–H groups in total. The second-order valence-corrected chi connectivity index (χ2v) is 23.8. The number of pyridine rings is 1. The van der Waals surface area contributed by atoms with E-state index in [-0.39, 0.29) is 49.5 Å². The van der Waals surface area contributed by atoms with E-state index < -0.39 is 0 Å². The smallest absolute Gasteiger partial charge is 0.149 e. The van der Waals surface area contributed by atoms with Gasteiger partial charge in [0.1, 0.15) is 28.3 Å². The minimum atomic E-state index is -0.354. The van der Waals surface area contributed by atoms with Gasteiger partial charge in [-0.25, -0.2) is 4.98 Å². The van der Waals surface area contributed by atoms with Crippen molar-refractivity contribution in [3.05, 3.63) is 186 Å². The standard InChI is InChI=1S/C70H59N4O3.Pt/c1-38(2)48-32-41(40-20-12-11-13-21-40)33-49(39(3)4)64(48)74-57-28-19-25-46(63(57)72-68(74)53-34-42(69(5,6)7)35-54(65(53)75)70(8,9)10)45-24-18-27-56-62(45)71-67-51-37-60-52(36-50(51)43-22-14-16-26-55(43)73(56)67)61-59(76-60)31-30-47-44-23-15-17-29-58(44)77-66(47)61;/h11-36,38-39,75H,1-10H3;/q-1;. The Morgan fingerprint density at radius 1 is 0.526 bits per heavy atom. The number of phenolic OH excluding ortho intramolecular Hbond substituents is 1. The van der Waals surface area contributed by atoms with Crippen molar-refractivity contribution in [3.8, 4) is 45.1 Å². The minimum absolute atomic E-state index is 0. The van der Waals surface area contributed by atoms with Gasteiger partial charge in [0.25, 0.3) is 0 Å². The van der Waals surface area contributed by atoms with Gasteiger partial charge in [-0.3, -0.25) is 9.55 Å². The minimum Gasteiger partial charge on any atom is -0.507 e. The van der Waals surface area contributed by atoms with E-state index in [9.17, 15) is 5.11 Å². The van der Waals surface area contributed by atoms with Gasteiger partial charge in [-0.1, -0.05) is 183 Å². The molecule has 14 aromatic rings. The first-order valence-corrected chi connectivity index (χ1v) is 27.0. The van der Waals surface area contributed by atoms with E-state index in [2.05, 4.69) is 230 Å². The summed E-state index contributed by atoms with van der Waals surface area (Å²) in [5.74, 6) is 1.25. The molecule has 0 aliphatic heterocycles. The molecule has 5 heterocycles. The molecule has 78 heavy (non-hydrogen) atoms. The second kappa shape index (κ2) is 17.8. The third kappa shape index (κ3) is 7.41.